The molecule has 0 aliphatic rings. The normalized spacial score (nSPS) is 11.4. The summed E-state index contributed by atoms with van der Waals surface area (Å²) in [7, 11) is 0. The number of anilines is 1. The van der Waals surface area contributed by atoms with Crippen LogP contribution in [0.25, 0.3) is 0 Å². The zero-order valence-corrected chi connectivity index (χ0v) is 14.1. The minimum Gasteiger partial charge on any atom is -0.366 e. The fourth-order valence-corrected chi connectivity index (χ4v) is 2.26. The molecule has 0 fully saturated rings. The Bertz CT molecular complexity index is 583. The third kappa shape index (κ3) is 3.83. The Balaban J connectivity index is 2.08. The standard InChI is InChI=1S/C17H21BrN2/c1-12-9-14(17(2,3)4)6-5-13(12)10-19-16-8-7-15(18)11-20-16/h5-9,11H,10H2,1-4H3,(H,19,20). The van der Waals surface area contributed by atoms with Crippen LogP contribution in [0.4, 0.5) is 5.82 Å². The Morgan fingerprint density at radius 2 is 1.90 bits per heavy atom. The van der Waals surface area contributed by atoms with Crippen LogP contribution in [0.1, 0.15) is 37.5 Å². The van der Waals surface area contributed by atoms with Gasteiger partial charge < -0.3 is 5.32 Å². The predicted octanol–water partition coefficient (Wildman–Crippen LogP) is 5.06. The smallest absolute Gasteiger partial charge is 0.126 e. The number of nitrogens with one attached hydrogen (secondary N) is 1. The summed E-state index contributed by atoms with van der Waals surface area (Å²) in [5.74, 6) is 0.896. The number of nitrogens with zero attached hydrogens (tertiary/aromatic N) is 1. The lowest BCUT2D eigenvalue weighted by molar-refractivity contribution is 0.589. The Labute approximate surface area is 129 Å². The van der Waals surface area contributed by atoms with Gasteiger partial charge in [-0.1, -0.05) is 39.0 Å². The summed E-state index contributed by atoms with van der Waals surface area (Å²) in [5.41, 5.74) is 4.20. The summed E-state index contributed by atoms with van der Waals surface area (Å²) in [6.45, 7) is 9.69. The molecular weight excluding hydrogens is 312 g/mol. The van der Waals surface area contributed by atoms with E-state index >= 15 is 0 Å². The van der Waals surface area contributed by atoms with Gasteiger partial charge in [0.25, 0.3) is 0 Å². The van der Waals surface area contributed by atoms with Gasteiger partial charge in [-0.3, -0.25) is 0 Å². The number of hydrogen-bond donors (Lipinski definition) is 1. The molecule has 0 aliphatic heterocycles. The van der Waals surface area contributed by atoms with Crippen LogP contribution in [-0.4, -0.2) is 4.98 Å². The van der Waals surface area contributed by atoms with Gasteiger partial charge >= 0.3 is 0 Å². The molecule has 0 spiro atoms. The van der Waals surface area contributed by atoms with Gasteiger partial charge in [-0.2, -0.15) is 0 Å². The maximum Gasteiger partial charge on any atom is 0.126 e. The van der Waals surface area contributed by atoms with Crippen LogP contribution in [0, 0.1) is 6.92 Å². The van der Waals surface area contributed by atoms with Gasteiger partial charge in [-0.25, -0.2) is 4.98 Å². The van der Waals surface area contributed by atoms with Crippen molar-refractivity contribution in [2.75, 3.05) is 5.32 Å². The molecule has 1 aromatic heterocycles. The van der Waals surface area contributed by atoms with Gasteiger partial charge in [0, 0.05) is 17.2 Å². The summed E-state index contributed by atoms with van der Waals surface area (Å²) >= 11 is 3.39. The van der Waals surface area contributed by atoms with Crippen molar-refractivity contribution in [2.24, 2.45) is 0 Å². The first-order chi connectivity index (χ1) is 9.36. The highest BCUT2D eigenvalue weighted by Crippen LogP contribution is 2.24. The van der Waals surface area contributed by atoms with E-state index in [1.54, 1.807) is 6.20 Å². The Hall–Kier alpha value is -1.35. The van der Waals surface area contributed by atoms with Gasteiger partial charge in [0.2, 0.25) is 0 Å². The number of aryl methyl sites for hydroxylation is 1. The molecule has 0 radical (unpaired) electrons. The van der Waals surface area contributed by atoms with Crippen LogP contribution in [0.15, 0.2) is 41.0 Å². The molecule has 0 bridgehead atoms. The van der Waals surface area contributed by atoms with E-state index in [-0.39, 0.29) is 5.41 Å². The lowest BCUT2D eigenvalue weighted by atomic mass is 9.85. The molecule has 0 unspecified atom stereocenters. The summed E-state index contributed by atoms with van der Waals surface area (Å²) < 4.78 is 0.994. The highest BCUT2D eigenvalue weighted by atomic mass is 79.9. The van der Waals surface area contributed by atoms with Gasteiger partial charge in [-0.15, -0.1) is 0 Å². The van der Waals surface area contributed by atoms with E-state index in [0.717, 1.165) is 16.8 Å². The summed E-state index contributed by atoms with van der Waals surface area (Å²) in [6.07, 6.45) is 1.80. The first-order valence-corrected chi connectivity index (χ1v) is 7.61. The molecule has 0 amide bonds. The van der Waals surface area contributed by atoms with Crippen LogP contribution in [0.2, 0.25) is 0 Å². The second kappa shape index (κ2) is 5.96. The molecule has 0 atom stereocenters. The highest BCUT2D eigenvalue weighted by Gasteiger charge is 2.14. The zero-order chi connectivity index (χ0) is 14.8. The lowest BCUT2D eigenvalue weighted by Crippen LogP contribution is -2.12. The fourth-order valence-electron chi connectivity index (χ4n) is 2.03. The number of rotatable bonds is 3. The van der Waals surface area contributed by atoms with Crippen molar-refractivity contribution in [3.63, 3.8) is 0 Å². The third-order valence-electron chi connectivity index (χ3n) is 3.40. The molecular formula is C17H21BrN2. The molecule has 1 heterocycles. The van der Waals surface area contributed by atoms with Crippen molar-refractivity contribution in [3.05, 3.63) is 57.7 Å². The number of pyridine rings is 1. The van der Waals surface area contributed by atoms with Crippen LogP contribution in [-0.2, 0) is 12.0 Å². The van der Waals surface area contributed by atoms with E-state index in [9.17, 15) is 0 Å². The summed E-state index contributed by atoms with van der Waals surface area (Å²) in [4.78, 5) is 4.32. The van der Waals surface area contributed by atoms with Crippen LogP contribution < -0.4 is 5.32 Å². The van der Waals surface area contributed by atoms with E-state index < -0.39 is 0 Å². The molecule has 1 N–H and O–H groups in total. The highest BCUT2D eigenvalue weighted by molar-refractivity contribution is 9.10. The van der Waals surface area contributed by atoms with Crippen molar-refractivity contribution >= 4 is 21.7 Å². The molecule has 0 saturated heterocycles. The van der Waals surface area contributed by atoms with Crippen molar-refractivity contribution < 1.29 is 0 Å². The average molecular weight is 333 g/mol. The monoisotopic (exact) mass is 332 g/mol. The maximum absolute atomic E-state index is 4.32. The number of halogens is 1. The van der Waals surface area contributed by atoms with Crippen molar-refractivity contribution in [3.8, 4) is 0 Å². The van der Waals surface area contributed by atoms with Gasteiger partial charge in [0.05, 0.1) is 0 Å². The Morgan fingerprint density at radius 1 is 1.15 bits per heavy atom. The predicted molar refractivity (Wildman–Crippen MR) is 89.1 cm³/mol. The molecule has 0 saturated carbocycles. The largest absolute Gasteiger partial charge is 0.366 e. The average Bonchev–Trinajstić information content (AvgIpc) is 2.38. The van der Waals surface area contributed by atoms with Crippen molar-refractivity contribution in [1.82, 2.24) is 4.98 Å². The molecule has 2 rings (SSSR count). The van der Waals surface area contributed by atoms with Gasteiger partial charge in [-0.05, 0) is 57.1 Å². The molecule has 3 heteroatoms. The van der Waals surface area contributed by atoms with Gasteiger partial charge in [0.15, 0.2) is 0 Å². The Morgan fingerprint density at radius 3 is 2.45 bits per heavy atom. The van der Waals surface area contributed by atoms with Crippen LogP contribution in [0.3, 0.4) is 0 Å². The van der Waals surface area contributed by atoms with Crippen molar-refractivity contribution in [2.45, 2.75) is 39.7 Å². The summed E-state index contributed by atoms with van der Waals surface area (Å²) in [6, 6.07) is 10.7. The van der Waals surface area contributed by atoms with Crippen LogP contribution >= 0.6 is 15.9 Å². The van der Waals surface area contributed by atoms with E-state index in [4.69, 9.17) is 0 Å². The number of hydrogen-bond acceptors (Lipinski definition) is 2. The fraction of sp³-hybridized carbons (Fsp3) is 0.353. The second-order valence-corrected chi connectivity index (χ2v) is 7.02. The topological polar surface area (TPSA) is 24.9 Å². The van der Waals surface area contributed by atoms with E-state index in [1.807, 2.05) is 12.1 Å². The molecule has 0 aliphatic carbocycles. The van der Waals surface area contributed by atoms with Crippen LogP contribution in [0.5, 0.6) is 0 Å². The molecule has 2 aromatic rings. The number of benzene rings is 1. The van der Waals surface area contributed by atoms with E-state index in [2.05, 4.69) is 72.1 Å². The van der Waals surface area contributed by atoms with Gasteiger partial charge in [0.1, 0.15) is 5.82 Å². The minimum absolute atomic E-state index is 0.198. The SMILES string of the molecule is Cc1cc(C(C)(C)C)ccc1CNc1ccc(Br)cn1. The van der Waals surface area contributed by atoms with Crippen molar-refractivity contribution in [1.29, 1.82) is 0 Å². The van der Waals surface area contributed by atoms with E-state index in [0.29, 0.717) is 0 Å². The Kier molecular flexibility index (Phi) is 4.48. The third-order valence-corrected chi connectivity index (χ3v) is 3.87. The summed E-state index contributed by atoms with van der Waals surface area (Å²) in [5, 5.41) is 3.36. The second-order valence-electron chi connectivity index (χ2n) is 6.11. The quantitative estimate of drug-likeness (QED) is 0.849. The first kappa shape index (κ1) is 15.0. The molecule has 2 nitrogen and oxygen atoms in total. The molecule has 1 aromatic carbocycles. The minimum atomic E-state index is 0.198. The maximum atomic E-state index is 4.32. The molecule has 106 valence electrons. The lowest BCUT2D eigenvalue weighted by Gasteiger charge is -2.20. The zero-order valence-electron chi connectivity index (χ0n) is 12.5. The molecule has 20 heavy (non-hydrogen) atoms. The van der Waals surface area contributed by atoms with E-state index in [1.165, 1.54) is 16.7 Å². The first-order valence-electron chi connectivity index (χ1n) is 6.82. The number of aromatic nitrogens is 1.